The summed E-state index contributed by atoms with van der Waals surface area (Å²) in [5, 5.41) is 1.74. The minimum atomic E-state index is -4.11. The van der Waals surface area contributed by atoms with Gasteiger partial charge >= 0.3 is 10.1 Å². The van der Waals surface area contributed by atoms with Crippen molar-refractivity contribution in [1.29, 1.82) is 0 Å². The Morgan fingerprint density at radius 1 is 0.907 bits per heavy atom. The number of aryl methyl sites for hydroxylation is 1. The Morgan fingerprint density at radius 2 is 1.47 bits per heavy atom. The third-order valence-electron chi connectivity index (χ3n) is 7.45. The van der Waals surface area contributed by atoms with Crippen molar-refractivity contribution in [2.75, 3.05) is 6.54 Å². The van der Waals surface area contributed by atoms with Crippen molar-refractivity contribution < 1.29 is 31.8 Å². The van der Waals surface area contributed by atoms with Crippen molar-refractivity contribution >= 4 is 77.1 Å². The lowest BCUT2D eigenvalue weighted by molar-refractivity contribution is -0.154. The van der Waals surface area contributed by atoms with Gasteiger partial charge in [0.05, 0.1) is 22.4 Å². The Kier molecular flexibility index (Phi) is 9.12. The number of fused-ring (bicyclic) bond motifs is 1. The van der Waals surface area contributed by atoms with Crippen molar-refractivity contribution in [1.82, 2.24) is 10.0 Å². The number of rotatable bonds is 8. The number of carbonyl (C=O) groups is 4. The third-order valence-corrected chi connectivity index (χ3v) is 11.8. The lowest BCUT2D eigenvalue weighted by Crippen LogP contribution is -2.52. The van der Waals surface area contributed by atoms with Gasteiger partial charge in [-0.15, -0.1) is 0 Å². The lowest BCUT2D eigenvalue weighted by atomic mass is 9.81. The normalized spacial score (nSPS) is 21.8. The minimum absolute atomic E-state index is 0.0224. The van der Waals surface area contributed by atoms with Crippen LogP contribution in [-0.4, -0.2) is 58.1 Å². The Balaban J connectivity index is 1.40. The van der Waals surface area contributed by atoms with Crippen molar-refractivity contribution in [2.24, 2.45) is 11.8 Å². The quantitative estimate of drug-likeness (QED) is 0.128. The summed E-state index contributed by atoms with van der Waals surface area (Å²) in [4.78, 5) is 54.2. The highest BCUT2D eigenvalue weighted by molar-refractivity contribution is 9.12. The predicted molar refractivity (Wildman–Crippen MR) is 166 cm³/mol. The highest BCUT2D eigenvalue weighted by Crippen LogP contribution is 2.44. The maximum absolute atomic E-state index is 13.7. The van der Waals surface area contributed by atoms with Gasteiger partial charge in [-0.05, 0) is 68.3 Å². The van der Waals surface area contributed by atoms with Gasteiger partial charge in [-0.1, -0.05) is 73.3 Å². The Bertz CT molecular complexity index is 1670. The molecule has 1 aliphatic carbocycles. The summed E-state index contributed by atoms with van der Waals surface area (Å²) in [6.45, 7) is 1.19. The Labute approximate surface area is 270 Å². The van der Waals surface area contributed by atoms with Crippen LogP contribution < -0.4 is 4.18 Å². The summed E-state index contributed by atoms with van der Waals surface area (Å²) < 4.78 is 30.5. The average molecular weight is 753 g/mol. The van der Waals surface area contributed by atoms with E-state index in [4.69, 9.17) is 15.8 Å². The molecule has 1 heterocycles. The molecule has 2 fully saturated rings. The minimum Gasteiger partial charge on any atom is -0.379 e. The average Bonchev–Trinajstić information content (AvgIpc) is 3.20. The van der Waals surface area contributed by atoms with E-state index in [1.807, 2.05) is 6.92 Å². The summed E-state index contributed by atoms with van der Waals surface area (Å²) >= 11 is 13.4. The van der Waals surface area contributed by atoms with Crippen LogP contribution >= 0.6 is 43.5 Å². The summed E-state index contributed by atoms with van der Waals surface area (Å²) in [6.07, 6.45) is 0.771. The first kappa shape index (κ1) is 31.4. The number of hydrogen-bond acceptors (Lipinski definition) is 7. The number of nitrogens with zero attached hydrogens (tertiary/aromatic N) is 2. The summed E-state index contributed by atoms with van der Waals surface area (Å²) in [7, 11) is -4.11. The molecule has 0 bridgehead atoms. The number of ketones is 1. The first-order valence-corrected chi connectivity index (χ1v) is 16.9. The SMILES string of the molecule is Cc1ccc(S(=O)(=O)Oc2ccc(C(=O)CN(C(=O)c3ccccc3Cl)N3C(=O)[C@H]4C[C@H](Br)[C@@H](Br)C[C@H]4C3=O)cc2)cc1. The maximum Gasteiger partial charge on any atom is 0.339 e. The van der Waals surface area contributed by atoms with E-state index in [2.05, 4.69) is 31.9 Å². The molecule has 3 amide bonds. The fourth-order valence-electron chi connectivity index (χ4n) is 5.13. The van der Waals surface area contributed by atoms with Gasteiger partial charge in [0.2, 0.25) is 0 Å². The number of imide groups is 1. The fourth-order valence-corrected chi connectivity index (χ4v) is 7.51. The number of halogens is 3. The molecular weight excluding hydrogens is 728 g/mol. The predicted octanol–water partition coefficient (Wildman–Crippen LogP) is 5.58. The Hall–Kier alpha value is -3.06. The molecule has 9 nitrogen and oxygen atoms in total. The van der Waals surface area contributed by atoms with Crippen LogP contribution in [-0.2, 0) is 19.7 Å². The van der Waals surface area contributed by atoms with Crippen LogP contribution in [0.1, 0.15) is 39.1 Å². The first-order valence-electron chi connectivity index (χ1n) is 13.2. The van der Waals surface area contributed by atoms with Crippen molar-refractivity contribution in [3.63, 3.8) is 0 Å². The van der Waals surface area contributed by atoms with Crippen molar-refractivity contribution in [3.05, 3.63) is 94.5 Å². The molecule has 3 aromatic carbocycles. The van der Waals surface area contributed by atoms with E-state index in [-0.39, 0.29) is 36.4 Å². The lowest BCUT2D eigenvalue weighted by Gasteiger charge is -2.30. The van der Waals surface area contributed by atoms with Gasteiger partial charge in [0, 0.05) is 15.2 Å². The number of alkyl halides is 2. The fraction of sp³-hybridized carbons (Fsp3) is 0.267. The van der Waals surface area contributed by atoms with Crippen LogP contribution in [0.5, 0.6) is 5.75 Å². The zero-order chi connectivity index (χ0) is 31.1. The highest BCUT2D eigenvalue weighted by Gasteiger charge is 2.54. The molecule has 3 aromatic rings. The van der Waals surface area contributed by atoms with E-state index >= 15 is 0 Å². The summed E-state index contributed by atoms with van der Waals surface area (Å²) in [5.41, 5.74) is 1.02. The number of benzene rings is 3. The second-order valence-electron chi connectivity index (χ2n) is 10.3. The first-order chi connectivity index (χ1) is 20.4. The van der Waals surface area contributed by atoms with Gasteiger partial charge in [0.25, 0.3) is 17.7 Å². The number of amides is 3. The molecule has 4 atom stereocenters. The molecule has 1 saturated carbocycles. The van der Waals surface area contributed by atoms with Crippen LogP contribution in [0.3, 0.4) is 0 Å². The molecule has 13 heteroatoms. The number of carbonyl (C=O) groups excluding carboxylic acids is 4. The highest BCUT2D eigenvalue weighted by atomic mass is 79.9. The summed E-state index contributed by atoms with van der Waals surface area (Å²) in [5.74, 6) is -3.81. The van der Waals surface area contributed by atoms with Crippen molar-refractivity contribution in [3.8, 4) is 5.75 Å². The van der Waals surface area contributed by atoms with E-state index in [1.54, 1.807) is 24.3 Å². The molecule has 0 radical (unpaired) electrons. The largest absolute Gasteiger partial charge is 0.379 e. The standard InChI is InChI=1S/C30H25Br2ClN2O7S/c1-17-6-12-20(13-7-17)43(40,41)42-19-10-8-18(9-11-19)27(36)16-34(28(37)21-4-2-3-5-26(21)33)35-29(38)22-14-24(31)25(32)15-23(22)30(35)39/h2-13,22-25H,14-16H2,1H3/t22-,23+,24-,25-/m0/s1. The van der Waals surface area contributed by atoms with Crippen molar-refractivity contribution in [2.45, 2.75) is 34.3 Å². The topological polar surface area (TPSA) is 118 Å². The number of hydrazine groups is 1. The van der Waals surface area contributed by atoms with E-state index in [0.29, 0.717) is 12.8 Å². The second kappa shape index (κ2) is 12.5. The zero-order valence-corrected chi connectivity index (χ0v) is 27.4. The van der Waals surface area contributed by atoms with Crippen LogP contribution in [0, 0.1) is 18.8 Å². The zero-order valence-electron chi connectivity index (χ0n) is 22.7. The molecule has 5 rings (SSSR count). The molecule has 1 saturated heterocycles. The van der Waals surface area contributed by atoms with E-state index < -0.39 is 52.0 Å². The van der Waals surface area contributed by atoms with Gasteiger partial charge in [-0.25, -0.2) is 5.01 Å². The Morgan fingerprint density at radius 3 is 2.02 bits per heavy atom. The van der Waals surface area contributed by atoms with Gasteiger partial charge in [0.15, 0.2) is 5.78 Å². The molecule has 0 aromatic heterocycles. The molecule has 1 aliphatic heterocycles. The third kappa shape index (κ3) is 6.43. The number of hydrogen-bond donors (Lipinski definition) is 0. The molecule has 43 heavy (non-hydrogen) atoms. The molecule has 2 aliphatic rings. The monoisotopic (exact) mass is 750 g/mol. The van der Waals surface area contributed by atoms with Crippen LogP contribution in [0.15, 0.2) is 77.7 Å². The van der Waals surface area contributed by atoms with Gasteiger partial charge in [-0.3, -0.25) is 19.2 Å². The second-order valence-corrected chi connectivity index (χ2v) is 14.7. The summed E-state index contributed by atoms with van der Waals surface area (Å²) in [6, 6.07) is 17.6. The maximum atomic E-state index is 13.7. The van der Waals surface area contributed by atoms with Crippen LogP contribution in [0.25, 0.3) is 0 Å². The molecule has 0 N–H and O–H groups in total. The van der Waals surface area contributed by atoms with E-state index in [0.717, 1.165) is 15.6 Å². The van der Waals surface area contributed by atoms with Crippen LogP contribution in [0.4, 0.5) is 0 Å². The molecular formula is C30H25Br2ClN2O7S. The van der Waals surface area contributed by atoms with Gasteiger partial charge < -0.3 is 4.18 Å². The van der Waals surface area contributed by atoms with E-state index in [1.165, 1.54) is 48.5 Å². The van der Waals surface area contributed by atoms with Gasteiger partial charge in [0.1, 0.15) is 17.2 Å². The molecule has 224 valence electrons. The smallest absolute Gasteiger partial charge is 0.339 e. The van der Waals surface area contributed by atoms with Crippen LogP contribution in [0.2, 0.25) is 5.02 Å². The molecule has 0 spiro atoms. The van der Waals surface area contributed by atoms with Gasteiger partial charge in [-0.2, -0.15) is 13.4 Å². The van der Waals surface area contributed by atoms with E-state index in [9.17, 15) is 27.6 Å². The molecule has 0 unspecified atom stereocenters. The number of Topliss-reactive ketones (excluding diaryl/α,β-unsaturated/α-hetero) is 1.